The maximum atomic E-state index is 12.5. The second-order valence-electron chi connectivity index (χ2n) is 6.65. The molecule has 1 aromatic heterocycles. The molecular weight excluding hydrogens is 514 g/mol. The van der Waals surface area contributed by atoms with Gasteiger partial charge in [0.2, 0.25) is 0 Å². The number of fused-ring (bicyclic) bond motifs is 1. The highest BCUT2D eigenvalue weighted by Crippen LogP contribution is 2.34. The lowest BCUT2D eigenvalue weighted by atomic mass is 10.1. The molecule has 1 amide bonds. The number of hydrogen-bond acceptors (Lipinski definition) is 6. The summed E-state index contributed by atoms with van der Waals surface area (Å²) >= 11 is 3.17. The first-order valence-electron chi connectivity index (χ1n) is 9.35. The number of carbonyl (C=O) groups is 2. The van der Waals surface area contributed by atoms with Crippen LogP contribution < -0.4 is 5.32 Å². The molecule has 2 heterocycles. The molecule has 0 spiro atoms. The SMILES string of the molecule is CN1C(C(=O)Nc2ccccn2)=C(O)c2ccccc2S1(=O)=O.O=C(O)c1cccc(Br)c1. The summed E-state index contributed by atoms with van der Waals surface area (Å²) in [6.45, 7) is 0. The predicted molar refractivity (Wildman–Crippen MR) is 125 cm³/mol. The molecule has 0 fully saturated rings. The average Bonchev–Trinajstić information content (AvgIpc) is 2.79. The van der Waals surface area contributed by atoms with Crippen LogP contribution in [0.15, 0.2) is 88.0 Å². The number of aromatic carboxylic acids is 1. The Kier molecular flexibility index (Phi) is 7.14. The van der Waals surface area contributed by atoms with E-state index in [1.807, 2.05) is 0 Å². The molecule has 0 unspecified atom stereocenters. The summed E-state index contributed by atoms with van der Waals surface area (Å²) < 4.78 is 26.6. The average molecular weight is 532 g/mol. The van der Waals surface area contributed by atoms with E-state index in [1.165, 1.54) is 25.4 Å². The summed E-state index contributed by atoms with van der Waals surface area (Å²) in [5.41, 5.74) is 0.0421. The van der Waals surface area contributed by atoms with Crippen LogP contribution in [0.2, 0.25) is 0 Å². The number of aromatic nitrogens is 1. The molecule has 0 bridgehead atoms. The topological polar surface area (TPSA) is 137 Å². The van der Waals surface area contributed by atoms with E-state index in [0.29, 0.717) is 5.56 Å². The molecule has 0 atom stereocenters. The van der Waals surface area contributed by atoms with Crippen molar-refractivity contribution in [2.24, 2.45) is 0 Å². The lowest BCUT2D eigenvalue weighted by Gasteiger charge is -2.28. The zero-order chi connectivity index (χ0) is 24.2. The zero-order valence-electron chi connectivity index (χ0n) is 17.1. The van der Waals surface area contributed by atoms with Crippen LogP contribution in [0.25, 0.3) is 5.76 Å². The van der Waals surface area contributed by atoms with E-state index >= 15 is 0 Å². The fourth-order valence-corrected chi connectivity index (χ4v) is 4.71. The van der Waals surface area contributed by atoms with Crippen LogP contribution in [0.3, 0.4) is 0 Å². The van der Waals surface area contributed by atoms with Crippen molar-refractivity contribution in [2.45, 2.75) is 4.90 Å². The van der Waals surface area contributed by atoms with Gasteiger partial charge in [0.1, 0.15) is 5.82 Å². The minimum Gasteiger partial charge on any atom is -0.505 e. The molecule has 3 N–H and O–H groups in total. The molecule has 33 heavy (non-hydrogen) atoms. The standard InChI is InChI=1S/C15H13N3O4S.C7H5BrO2/c1-18-13(15(20)17-12-8-4-5-9-16-12)14(19)10-6-2-3-7-11(10)23(18,21)22;8-6-3-1-2-5(4-6)7(9)10/h2-9,19H,1H3,(H,16,17,20);1-4H,(H,9,10). The normalized spacial score (nSPS) is 13.9. The van der Waals surface area contributed by atoms with Crippen molar-refractivity contribution in [3.8, 4) is 0 Å². The van der Waals surface area contributed by atoms with Gasteiger partial charge in [0, 0.05) is 23.3 Å². The van der Waals surface area contributed by atoms with Crippen molar-refractivity contribution < 1.29 is 28.2 Å². The Morgan fingerprint density at radius 2 is 1.73 bits per heavy atom. The van der Waals surface area contributed by atoms with Crippen LogP contribution in [0.1, 0.15) is 15.9 Å². The number of likely N-dealkylation sites (N-methyl/N-ethyl adjacent to an activating group) is 1. The Morgan fingerprint density at radius 3 is 2.33 bits per heavy atom. The van der Waals surface area contributed by atoms with Crippen LogP contribution >= 0.6 is 15.9 Å². The Balaban J connectivity index is 0.000000257. The summed E-state index contributed by atoms with van der Waals surface area (Å²) in [5, 5.41) is 21.3. The van der Waals surface area contributed by atoms with Gasteiger partial charge in [-0.05, 0) is 42.5 Å². The number of rotatable bonds is 3. The van der Waals surface area contributed by atoms with E-state index in [9.17, 15) is 23.1 Å². The van der Waals surface area contributed by atoms with Gasteiger partial charge in [-0.15, -0.1) is 0 Å². The van der Waals surface area contributed by atoms with Gasteiger partial charge in [-0.1, -0.05) is 40.2 Å². The lowest BCUT2D eigenvalue weighted by Crippen LogP contribution is -2.37. The number of carboxylic acid groups (broad SMARTS) is 1. The number of benzene rings is 2. The lowest BCUT2D eigenvalue weighted by molar-refractivity contribution is -0.113. The first-order valence-corrected chi connectivity index (χ1v) is 11.6. The highest BCUT2D eigenvalue weighted by Gasteiger charge is 2.37. The minimum absolute atomic E-state index is 0.0469. The highest BCUT2D eigenvalue weighted by atomic mass is 79.9. The summed E-state index contributed by atoms with van der Waals surface area (Å²) in [5.74, 6) is -1.81. The van der Waals surface area contributed by atoms with Gasteiger partial charge in [-0.2, -0.15) is 0 Å². The van der Waals surface area contributed by atoms with Crippen molar-refractivity contribution >= 4 is 49.4 Å². The molecule has 11 heteroatoms. The number of carbonyl (C=O) groups excluding carboxylic acids is 1. The van der Waals surface area contributed by atoms with Crippen molar-refractivity contribution in [1.82, 2.24) is 9.29 Å². The largest absolute Gasteiger partial charge is 0.505 e. The van der Waals surface area contributed by atoms with Crippen LogP contribution in [0.5, 0.6) is 0 Å². The van der Waals surface area contributed by atoms with Crippen molar-refractivity contribution in [3.05, 3.63) is 94.2 Å². The second-order valence-corrected chi connectivity index (χ2v) is 9.50. The van der Waals surface area contributed by atoms with Crippen LogP contribution in [0.4, 0.5) is 5.82 Å². The van der Waals surface area contributed by atoms with Gasteiger partial charge in [-0.3, -0.25) is 9.10 Å². The Bertz CT molecular complexity index is 1340. The third-order valence-electron chi connectivity index (χ3n) is 4.51. The number of halogens is 1. The van der Waals surface area contributed by atoms with Gasteiger partial charge in [0.05, 0.1) is 10.5 Å². The number of pyridine rings is 1. The molecule has 4 rings (SSSR count). The molecule has 170 valence electrons. The second kappa shape index (κ2) is 9.84. The summed E-state index contributed by atoms with van der Waals surface area (Å²) in [4.78, 5) is 26.6. The maximum Gasteiger partial charge on any atom is 0.335 e. The van der Waals surface area contributed by atoms with Crippen molar-refractivity contribution in [2.75, 3.05) is 12.4 Å². The van der Waals surface area contributed by atoms with E-state index in [2.05, 4.69) is 26.2 Å². The number of aliphatic hydroxyl groups is 1. The number of anilines is 1. The number of amides is 1. The van der Waals surface area contributed by atoms with E-state index in [1.54, 1.807) is 54.6 Å². The fourth-order valence-electron chi connectivity index (χ4n) is 2.92. The monoisotopic (exact) mass is 531 g/mol. The van der Waals surface area contributed by atoms with Gasteiger partial charge in [-0.25, -0.2) is 18.2 Å². The summed E-state index contributed by atoms with van der Waals surface area (Å²) in [6.07, 6.45) is 1.49. The van der Waals surface area contributed by atoms with Gasteiger partial charge < -0.3 is 15.5 Å². The highest BCUT2D eigenvalue weighted by molar-refractivity contribution is 9.10. The fraction of sp³-hybridized carbons (Fsp3) is 0.0455. The van der Waals surface area contributed by atoms with E-state index in [4.69, 9.17) is 5.11 Å². The van der Waals surface area contributed by atoms with E-state index < -0.39 is 27.7 Å². The number of nitrogens with one attached hydrogen (secondary N) is 1. The van der Waals surface area contributed by atoms with Crippen LogP contribution in [0, 0.1) is 0 Å². The molecule has 9 nitrogen and oxygen atoms in total. The van der Waals surface area contributed by atoms with Crippen molar-refractivity contribution in [3.63, 3.8) is 0 Å². The zero-order valence-corrected chi connectivity index (χ0v) is 19.5. The third-order valence-corrected chi connectivity index (χ3v) is 6.82. The quantitative estimate of drug-likeness (QED) is 0.468. The van der Waals surface area contributed by atoms with Gasteiger partial charge >= 0.3 is 5.97 Å². The molecule has 0 saturated heterocycles. The molecular formula is C22H18BrN3O6S. The number of sulfonamides is 1. The van der Waals surface area contributed by atoms with Gasteiger partial charge in [0.15, 0.2) is 11.5 Å². The predicted octanol–water partition coefficient (Wildman–Crippen LogP) is 3.73. The molecule has 1 aliphatic rings. The molecule has 0 saturated carbocycles. The first-order chi connectivity index (χ1) is 15.6. The number of nitrogens with zero attached hydrogens (tertiary/aromatic N) is 2. The number of hydrogen-bond donors (Lipinski definition) is 3. The first kappa shape index (κ1) is 24.0. The Labute approximate surface area is 198 Å². The molecule has 0 radical (unpaired) electrons. The third kappa shape index (κ3) is 5.21. The molecule has 0 aliphatic carbocycles. The number of aliphatic hydroxyl groups excluding tert-OH is 1. The van der Waals surface area contributed by atoms with E-state index in [-0.39, 0.29) is 22.0 Å². The van der Waals surface area contributed by atoms with Gasteiger partial charge in [0.25, 0.3) is 15.9 Å². The van der Waals surface area contributed by atoms with Crippen molar-refractivity contribution in [1.29, 1.82) is 0 Å². The van der Waals surface area contributed by atoms with E-state index in [0.717, 1.165) is 8.78 Å². The number of carboxylic acids is 1. The minimum atomic E-state index is -3.91. The smallest absolute Gasteiger partial charge is 0.335 e. The Hall–Kier alpha value is -3.70. The molecule has 1 aliphatic heterocycles. The molecule has 3 aromatic rings. The Morgan fingerprint density at radius 1 is 1.03 bits per heavy atom. The summed E-state index contributed by atoms with van der Waals surface area (Å²) in [6, 6.07) is 17.5. The van der Waals surface area contributed by atoms with Crippen LogP contribution in [-0.2, 0) is 14.8 Å². The summed E-state index contributed by atoms with van der Waals surface area (Å²) in [7, 11) is -2.69. The maximum absolute atomic E-state index is 12.5. The molecule has 2 aromatic carbocycles. The van der Waals surface area contributed by atoms with Crippen LogP contribution in [-0.4, -0.2) is 46.8 Å².